The maximum Gasteiger partial charge on any atom is 0.246 e. The monoisotopic (exact) mass is 525 g/mol. The van der Waals surface area contributed by atoms with E-state index in [9.17, 15) is 18.0 Å². The number of nitrogens with two attached hydrogens (primary N) is 1. The van der Waals surface area contributed by atoms with Crippen LogP contribution in [-0.4, -0.2) is 71.2 Å². The maximum atomic E-state index is 14.2. The van der Waals surface area contributed by atoms with Gasteiger partial charge in [-0.15, -0.1) is 0 Å². The van der Waals surface area contributed by atoms with E-state index in [1.165, 1.54) is 23.1 Å². The highest BCUT2D eigenvalue weighted by Gasteiger charge is 2.63. The van der Waals surface area contributed by atoms with Crippen molar-refractivity contribution >= 4 is 44.9 Å². The number of benzene rings is 1. The zero-order chi connectivity index (χ0) is 24.8. The summed E-state index contributed by atoms with van der Waals surface area (Å²) in [5.41, 5.74) is 6.77. The van der Waals surface area contributed by atoms with Gasteiger partial charge >= 0.3 is 0 Å². The van der Waals surface area contributed by atoms with Crippen LogP contribution in [0.2, 0.25) is 10.0 Å². The largest absolute Gasteiger partial charge is 0.334 e. The van der Waals surface area contributed by atoms with Gasteiger partial charge in [0.25, 0.3) is 0 Å². The number of amides is 2. The lowest BCUT2D eigenvalue weighted by Gasteiger charge is -2.56. The highest BCUT2D eigenvalue weighted by Crippen LogP contribution is 2.40. The molecule has 0 radical (unpaired) electrons. The smallest absolute Gasteiger partial charge is 0.246 e. The van der Waals surface area contributed by atoms with Gasteiger partial charge in [0.05, 0.1) is 22.5 Å². The number of hydrogen-bond donors (Lipinski definition) is 2. The third kappa shape index (κ3) is 3.97. The molecule has 3 unspecified atom stereocenters. The highest BCUT2D eigenvalue weighted by molar-refractivity contribution is 7.93. The lowest BCUT2D eigenvalue weighted by atomic mass is 9.96. The standard InChI is InChI=1S/C22H25Cl2N5O4S/c1-13(2)28-12-22(34(32,33)19-4-3-15(23)10-16(19)24)27-11-17(25)20(30)29(22)18(21(28)31)9-14-5-7-26-8-6-14/h3-8,10,13,17-18,27H,9,11-12,25H2,1-2H3. The Morgan fingerprint density at radius 1 is 1.18 bits per heavy atom. The van der Waals surface area contributed by atoms with Crippen LogP contribution in [0.5, 0.6) is 0 Å². The van der Waals surface area contributed by atoms with Crippen LogP contribution in [0, 0.1) is 0 Å². The van der Waals surface area contributed by atoms with Gasteiger partial charge in [-0.1, -0.05) is 23.2 Å². The molecular formula is C22H25Cl2N5O4S. The number of piperazine rings is 1. The van der Waals surface area contributed by atoms with E-state index in [1.54, 1.807) is 38.4 Å². The van der Waals surface area contributed by atoms with E-state index >= 15 is 0 Å². The lowest BCUT2D eigenvalue weighted by Crippen LogP contribution is -2.83. The van der Waals surface area contributed by atoms with Crippen molar-refractivity contribution < 1.29 is 18.0 Å². The van der Waals surface area contributed by atoms with Crippen LogP contribution in [0.1, 0.15) is 19.4 Å². The molecule has 4 rings (SSSR count). The first-order valence-electron chi connectivity index (χ1n) is 10.7. The van der Waals surface area contributed by atoms with Crippen molar-refractivity contribution in [2.45, 2.75) is 48.3 Å². The predicted molar refractivity (Wildman–Crippen MR) is 128 cm³/mol. The Kier molecular flexibility index (Phi) is 6.65. The van der Waals surface area contributed by atoms with E-state index in [-0.39, 0.29) is 46.4 Å². The molecule has 2 amide bonds. The molecule has 0 aliphatic carbocycles. The zero-order valence-electron chi connectivity index (χ0n) is 18.6. The fourth-order valence-electron chi connectivity index (χ4n) is 4.49. The van der Waals surface area contributed by atoms with Crippen LogP contribution in [-0.2, 0) is 25.8 Å². The average Bonchev–Trinajstić information content (AvgIpc) is 2.78. The van der Waals surface area contributed by atoms with Crippen LogP contribution >= 0.6 is 23.2 Å². The van der Waals surface area contributed by atoms with E-state index < -0.39 is 32.8 Å². The number of carbonyl (C=O) groups excluding carboxylic acids is 2. The number of nitrogens with zero attached hydrogens (tertiary/aromatic N) is 3. The Morgan fingerprint density at radius 2 is 1.85 bits per heavy atom. The molecule has 3 atom stereocenters. The molecule has 3 heterocycles. The Balaban J connectivity index is 1.93. The molecule has 0 saturated carbocycles. The Morgan fingerprint density at radius 3 is 2.47 bits per heavy atom. The number of aromatic nitrogens is 1. The van der Waals surface area contributed by atoms with E-state index in [0.717, 1.165) is 10.5 Å². The minimum Gasteiger partial charge on any atom is -0.334 e. The van der Waals surface area contributed by atoms with Gasteiger partial charge in [0.2, 0.25) is 26.6 Å². The SMILES string of the molecule is CC(C)N1CC2(S(=O)(=O)c3ccc(Cl)cc3Cl)NCC(N)C(=O)N2C(Cc2ccncc2)C1=O. The molecule has 2 saturated heterocycles. The van der Waals surface area contributed by atoms with Crippen molar-refractivity contribution in [1.29, 1.82) is 0 Å². The summed E-state index contributed by atoms with van der Waals surface area (Å²) in [4.78, 5) is 31.5. The van der Waals surface area contributed by atoms with Crippen molar-refractivity contribution in [2.24, 2.45) is 5.73 Å². The van der Waals surface area contributed by atoms with Gasteiger partial charge in [0.1, 0.15) is 6.04 Å². The summed E-state index contributed by atoms with van der Waals surface area (Å²) in [5, 5.41) is 3.20. The van der Waals surface area contributed by atoms with Crippen molar-refractivity contribution in [2.75, 3.05) is 13.1 Å². The molecule has 2 fully saturated rings. The van der Waals surface area contributed by atoms with Crippen LogP contribution < -0.4 is 11.1 Å². The number of fused-ring (bicyclic) bond motifs is 1. The normalized spacial score (nSPS) is 25.6. The molecule has 1 aromatic carbocycles. The van der Waals surface area contributed by atoms with Gasteiger partial charge in [-0.05, 0) is 49.7 Å². The summed E-state index contributed by atoms with van der Waals surface area (Å²) in [6.07, 6.45) is 3.24. The molecule has 0 spiro atoms. The second-order valence-electron chi connectivity index (χ2n) is 8.69. The molecule has 1 aromatic heterocycles. The van der Waals surface area contributed by atoms with Gasteiger partial charge in [-0.2, -0.15) is 0 Å². The van der Waals surface area contributed by atoms with Crippen molar-refractivity contribution in [1.82, 2.24) is 20.1 Å². The molecule has 3 N–H and O–H groups in total. The van der Waals surface area contributed by atoms with Crippen LogP contribution in [0.4, 0.5) is 0 Å². The summed E-state index contributed by atoms with van der Waals surface area (Å²) >= 11 is 12.3. The number of sulfone groups is 1. The first kappa shape index (κ1) is 24.9. The first-order chi connectivity index (χ1) is 16.0. The van der Waals surface area contributed by atoms with Gasteiger partial charge < -0.3 is 10.6 Å². The summed E-state index contributed by atoms with van der Waals surface area (Å²) < 4.78 is 28.5. The average molecular weight is 526 g/mol. The second kappa shape index (κ2) is 9.09. The zero-order valence-corrected chi connectivity index (χ0v) is 20.9. The number of nitrogens with one attached hydrogen (secondary N) is 1. The minimum atomic E-state index is -4.36. The molecular weight excluding hydrogens is 501 g/mol. The first-order valence-corrected chi connectivity index (χ1v) is 13.0. The van der Waals surface area contributed by atoms with Crippen molar-refractivity contribution in [3.63, 3.8) is 0 Å². The molecule has 12 heteroatoms. The molecule has 34 heavy (non-hydrogen) atoms. The maximum absolute atomic E-state index is 14.2. The molecule has 2 aliphatic heterocycles. The van der Waals surface area contributed by atoms with Crippen LogP contribution in [0.3, 0.4) is 0 Å². The fraction of sp³-hybridized carbons (Fsp3) is 0.409. The summed E-state index contributed by atoms with van der Waals surface area (Å²) in [6.45, 7) is 3.23. The number of halogens is 2. The third-order valence-corrected chi connectivity index (χ3v) is 9.19. The number of carbonyl (C=O) groups is 2. The van der Waals surface area contributed by atoms with Gasteiger partial charge in [0, 0.05) is 36.4 Å². The minimum absolute atomic E-state index is 0.0790. The van der Waals surface area contributed by atoms with Gasteiger partial charge in [0.15, 0.2) is 0 Å². The molecule has 2 aromatic rings. The Bertz CT molecular complexity index is 1230. The Labute approximate surface area is 208 Å². The predicted octanol–water partition coefficient (Wildman–Crippen LogP) is 1.44. The van der Waals surface area contributed by atoms with Crippen LogP contribution in [0.15, 0.2) is 47.6 Å². The molecule has 0 bridgehead atoms. The van der Waals surface area contributed by atoms with Crippen LogP contribution in [0.25, 0.3) is 0 Å². The van der Waals surface area contributed by atoms with E-state index in [0.29, 0.717) is 0 Å². The number of pyridine rings is 1. The molecule has 182 valence electrons. The highest BCUT2D eigenvalue weighted by atomic mass is 35.5. The lowest BCUT2D eigenvalue weighted by molar-refractivity contribution is -0.166. The second-order valence-corrected chi connectivity index (χ2v) is 11.7. The molecule has 9 nitrogen and oxygen atoms in total. The van der Waals surface area contributed by atoms with Gasteiger partial charge in [-0.3, -0.25) is 24.8 Å². The summed E-state index contributed by atoms with van der Waals surface area (Å²) in [7, 11) is -4.36. The van der Waals surface area contributed by atoms with E-state index in [2.05, 4.69) is 10.3 Å². The summed E-state index contributed by atoms with van der Waals surface area (Å²) in [6, 6.07) is 5.05. The fourth-order valence-corrected chi connectivity index (χ4v) is 7.19. The van der Waals surface area contributed by atoms with Crippen molar-refractivity contribution in [3.05, 3.63) is 58.3 Å². The Hall–Kier alpha value is -2.24. The third-order valence-electron chi connectivity index (χ3n) is 6.24. The van der Waals surface area contributed by atoms with Crippen molar-refractivity contribution in [3.8, 4) is 0 Å². The number of hydrogen-bond acceptors (Lipinski definition) is 7. The van der Waals surface area contributed by atoms with E-state index in [1.807, 2.05) is 0 Å². The van der Waals surface area contributed by atoms with E-state index in [4.69, 9.17) is 28.9 Å². The van der Waals surface area contributed by atoms with Gasteiger partial charge in [-0.25, -0.2) is 8.42 Å². The quantitative estimate of drug-likeness (QED) is 0.604. The molecule has 2 aliphatic rings. The summed E-state index contributed by atoms with van der Waals surface area (Å²) in [5.74, 6) is -0.979. The topological polar surface area (TPSA) is 126 Å². The number of rotatable bonds is 5.